The van der Waals surface area contributed by atoms with Crippen LogP contribution in [-0.4, -0.2) is 114 Å². The number of carboxylic acids is 1. The maximum absolute atomic E-state index is 12.1. The van der Waals surface area contributed by atoms with Crippen molar-refractivity contribution in [3.05, 3.63) is 75.7 Å². The summed E-state index contributed by atoms with van der Waals surface area (Å²) < 4.78 is 11.7. The highest BCUT2D eigenvalue weighted by Crippen LogP contribution is 2.45. The van der Waals surface area contributed by atoms with E-state index in [4.69, 9.17) is 9.47 Å². The first-order chi connectivity index (χ1) is 25.3. The minimum Gasteiger partial charge on any atom is -0.478 e. The van der Waals surface area contributed by atoms with Crippen molar-refractivity contribution in [1.29, 1.82) is 0 Å². The molecular weight excluding hydrogens is 673 g/mol. The maximum Gasteiger partial charge on any atom is 0.339 e. The first-order valence-corrected chi connectivity index (χ1v) is 19.9. The van der Waals surface area contributed by atoms with Gasteiger partial charge in [-0.3, -0.25) is 14.7 Å². The number of rotatable bonds is 10. The van der Waals surface area contributed by atoms with Crippen LogP contribution in [0.4, 0.5) is 5.69 Å². The lowest BCUT2D eigenvalue weighted by Gasteiger charge is -2.40. The van der Waals surface area contributed by atoms with E-state index in [0.29, 0.717) is 16.9 Å². The molecule has 0 unspecified atom stereocenters. The molecule has 4 aliphatic rings. The number of nitrogens with one attached hydrogen (secondary N) is 1. The first kappa shape index (κ1) is 35.3. The van der Waals surface area contributed by atoms with Crippen molar-refractivity contribution in [3.8, 4) is 11.5 Å². The van der Waals surface area contributed by atoms with E-state index in [0.717, 1.165) is 101 Å². The Morgan fingerprint density at radius 1 is 1.00 bits per heavy atom. The molecule has 0 saturated carbocycles. The van der Waals surface area contributed by atoms with Crippen LogP contribution in [0.15, 0.2) is 59.7 Å². The molecule has 0 amide bonds. The summed E-state index contributed by atoms with van der Waals surface area (Å²) in [6, 6.07) is 12.4. The number of aromatic nitrogens is 2. The highest BCUT2D eigenvalue weighted by molar-refractivity contribution is 7.11. The van der Waals surface area contributed by atoms with E-state index in [-0.39, 0.29) is 5.56 Å². The van der Waals surface area contributed by atoms with E-state index in [1.165, 1.54) is 42.8 Å². The molecule has 1 aromatic carbocycles. The van der Waals surface area contributed by atoms with Crippen LogP contribution in [-0.2, 0) is 11.3 Å². The largest absolute Gasteiger partial charge is 0.478 e. The molecule has 3 aliphatic heterocycles. The summed E-state index contributed by atoms with van der Waals surface area (Å²) in [6.07, 6.45) is 9.50. The van der Waals surface area contributed by atoms with Crippen LogP contribution in [0.2, 0.25) is 0 Å². The lowest BCUT2D eigenvalue weighted by atomic mass is 9.73. The topological polar surface area (TPSA) is 97.4 Å². The van der Waals surface area contributed by atoms with Crippen LogP contribution in [0.5, 0.6) is 11.5 Å². The van der Waals surface area contributed by atoms with Crippen LogP contribution in [0, 0.1) is 5.41 Å². The summed E-state index contributed by atoms with van der Waals surface area (Å²) in [5.41, 5.74) is 6.86. The molecule has 2 N–H and O–H groups in total. The number of hydrogen-bond donors (Lipinski definition) is 2. The number of ether oxygens (including phenoxy) is 2. The Hall–Kier alpha value is -3.74. The highest BCUT2D eigenvalue weighted by Gasteiger charge is 2.31. The molecular formula is C41H52N6O4S. The predicted molar refractivity (Wildman–Crippen MR) is 208 cm³/mol. The summed E-state index contributed by atoms with van der Waals surface area (Å²) in [5.74, 6) is -0.168. The number of thiophene rings is 1. The molecule has 1 aliphatic carbocycles. The van der Waals surface area contributed by atoms with E-state index >= 15 is 0 Å². The molecule has 276 valence electrons. The van der Waals surface area contributed by atoms with Crippen molar-refractivity contribution >= 4 is 39.6 Å². The highest BCUT2D eigenvalue weighted by atomic mass is 32.1. The number of piperidine rings is 1. The van der Waals surface area contributed by atoms with Gasteiger partial charge in [0.25, 0.3) is 0 Å². The number of carbonyl (C=O) groups is 1. The van der Waals surface area contributed by atoms with Gasteiger partial charge in [0, 0.05) is 86.6 Å². The second kappa shape index (κ2) is 15.3. The van der Waals surface area contributed by atoms with E-state index in [1.54, 1.807) is 23.4 Å². The third kappa shape index (κ3) is 8.09. The van der Waals surface area contributed by atoms with E-state index < -0.39 is 5.97 Å². The van der Waals surface area contributed by atoms with Crippen LogP contribution in [0.25, 0.3) is 16.6 Å². The first-order valence-electron chi connectivity index (χ1n) is 19.0. The molecule has 6 heterocycles. The number of aromatic carboxylic acids is 1. The minimum absolute atomic E-state index is 0.140. The number of likely N-dealkylation sites (tertiary alicyclic amines) is 1. The molecule has 8 rings (SSSR count). The average molecular weight is 725 g/mol. The fraction of sp³-hybridized carbons (Fsp3) is 0.512. The molecule has 10 nitrogen and oxygen atoms in total. The zero-order chi connectivity index (χ0) is 35.7. The number of aromatic amines is 1. The quantitative estimate of drug-likeness (QED) is 0.176. The smallest absolute Gasteiger partial charge is 0.339 e. The Labute approximate surface area is 311 Å². The number of fused-ring (bicyclic) bond motifs is 1. The van der Waals surface area contributed by atoms with E-state index in [1.807, 2.05) is 41.8 Å². The van der Waals surface area contributed by atoms with Gasteiger partial charge in [-0.1, -0.05) is 19.4 Å². The Morgan fingerprint density at radius 2 is 1.79 bits per heavy atom. The summed E-state index contributed by atoms with van der Waals surface area (Å²) in [6.45, 7) is 16.9. The monoisotopic (exact) mass is 724 g/mol. The molecule has 0 spiro atoms. The van der Waals surface area contributed by atoms with Crippen molar-refractivity contribution in [3.63, 3.8) is 0 Å². The standard InChI is InChI=1S/C41H52N6O4S/c1-41(2)9-5-31(36(24-41)38-21-29(28-52-38)26-44-11-7-32(8-12-44)47-17-19-50-20-18-47)27-45-13-15-46(16-14-45)33-3-4-35(40(48)49)37(23-33)51-34-22-30-6-10-42-39(30)43-25-34/h3-4,6,10,21-23,25,28,32H,5,7-9,11-20,24,26-27H2,1-2H3,(H,42,43)(H,48,49). The molecule has 0 radical (unpaired) electrons. The zero-order valence-electron chi connectivity index (χ0n) is 30.6. The predicted octanol–water partition coefficient (Wildman–Crippen LogP) is 7.20. The number of carboxylic acid groups (broad SMARTS) is 1. The van der Waals surface area contributed by atoms with Gasteiger partial charge in [0.1, 0.15) is 22.7 Å². The third-order valence-electron chi connectivity index (χ3n) is 11.6. The number of pyridine rings is 1. The van der Waals surface area contributed by atoms with Gasteiger partial charge in [0.2, 0.25) is 0 Å². The molecule has 3 fully saturated rings. The van der Waals surface area contributed by atoms with Gasteiger partial charge in [-0.2, -0.15) is 0 Å². The second-order valence-electron chi connectivity index (χ2n) is 15.8. The fourth-order valence-corrected chi connectivity index (χ4v) is 9.53. The van der Waals surface area contributed by atoms with Gasteiger partial charge < -0.3 is 24.5 Å². The Kier molecular flexibility index (Phi) is 10.4. The van der Waals surface area contributed by atoms with Gasteiger partial charge in [-0.15, -0.1) is 11.3 Å². The van der Waals surface area contributed by atoms with Crippen LogP contribution >= 0.6 is 11.3 Å². The van der Waals surface area contributed by atoms with Gasteiger partial charge in [0.05, 0.1) is 19.4 Å². The van der Waals surface area contributed by atoms with Gasteiger partial charge >= 0.3 is 5.97 Å². The third-order valence-corrected chi connectivity index (χ3v) is 12.7. The summed E-state index contributed by atoms with van der Waals surface area (Å²) in [7, 11) is 0. The lowest BCUT2D eigenvalue weighted by molar-refractivity contribution is 0.000239. The summed E-state index contributed by atoms with van der Waals surface area (Å²) in [4.78, 5) is 31.3. The number of allylic oxidation sites excluding steroid dienone is 1. The Bertz CT molecular complexity index is 1900. The normalized spacial score (nSPS) is 21.2. The van der Waals surface area contributed by atoms with Gasteiger partial charge in [0.15, 0.2) is 0 Å². The minimum atomic E-state index is -1.01. The van der Waals surface area contributed by atoms with Crippen LogP contribution in [0.1, 0.15) is 66.8 Å². The molecule has 3 saturated heterocycles. The van der Waals surface area contributed by atoms with Crippen molar-refractivity contribution < 1.29 is 19.4 Å². The number of piperazine rings is 1. The molecule has 3 aromatic heterocycles. The molecule has 0 atom stereocenters. The Balaban J connectivity index is 0.905. The van der Waals surface area contributed by atoms with E-state index in [2.05, 4.69) is 54.9 Å². The Morgan fingerprint density at radius 3 is 2.58 bits per heavy atom. The lowest BCUT2D eigenvalue weighted by Crippen LogP contribution is -2.48. The number of nitrogens with zero attached hydrogens (tertiary/aromatic N) is 5. The summed E-state index contributed by atoms with van der Waals surface area (Å²) >= 11 is 1.95. The number of hydrogen-bond acceptors (Lipinski definition) is 9. The van der Waals surface area contributed by atoms with Crippen LogP contribution < -0.4 is 9.64 Å². The average Bonchev–Trinajstić information content (AvgIpc) is 3.83. The van der Waals surface area contributed by atoms with Crippen LogP contribution in [0.3, 0.4) is 0 Å². The number of morpholine rings is 1. The second-order valence-corrected chi connectivity index (χ2v) is 16.7. The maximum atomic E-state index is 12.1. The van der Waals surface area contributed by atoms with Gasteiger partial charge in [-0.25, -0.2) is 9.78 Å². The number of benzene rings is 1. The molecule has 4 aromatic rings. The number of H-pyrrole nitrogens is 1. The number of anilines is 1. The van der Waals surface area contributed by atoms with Crippen molar-refractivity contribution in [2.45, 2.75) is 58.5 Å². The van der Waals surface area contributed by atoms with Crippen molar-refractivity contribution in [2.75, 3.05) is 77.0 Å². The van der Waals surface area contributed by atoms with Gasteiger partial charge in [-0.05, 0) is 97.5 Å². The zero-order valence-corrected chi connectivity index (χ0v) is 31.4. The molecule has 0 bridgehead atoms. The van der Waals surface area contributed by atoms with E-state index in [9.17, 15) is 9.90 Å². The van der Waals surface area contributed by atoms with Crippen molar-refractivity contribution in [2.24, 2.45) is 5.41 Å². The fourth-order valence-electron chi connectivity index (χ4n) is 8.53. The molecule has 52 heavy (non-hydrogen) atoms. The van der Waals surface area contributed by atoms with Crippen molar-refractivity contribution in [1.82, 2.24) is 24.7 Å². The molecule has 11 heteroatoms. The summed E-state index contributed by atoms with van der Waals surface area (Å²) in [5, 5.41) is 13.2. The SMILES string of the molecule is CC1(C)CCC(CN2CCN(c3ccc(C(=O)O)c(Oc4cnc5[nH]ccc5c4)c3)CC2)=C(c2cc(CN3CCC(N4CCOCC4)CC3)cs2)C1.